The Morgan fingerprint density at radius 3 is 2.26 bits per heavy atom. The van der Waals surface area contributed by atoms with E-state index in [1.807, 2.05) is 13.8 Å². The fourth-order valence-electron chi connectivity index (χ4n) is 1.38. The molecule has 0 aliphatic rings. The van der Waals surface area contributed by atoms with Gasteiger partial charge in [-0.15, -0.1) is 4.89 Å². The number of hydrogen-bond acceptors (Lipinski definition) is 5. The molecule has 0 aromatic rings. The molecule has 0 heterocycles. The summed E-state index contributed by atoms with van der Waals surface area (Å²) >= 11 is 0. The van der Waals surface area contributed by atoms with Crippen LogP contribution in [-0.2, 0) is 13.8 Å². The average molecular weight is 296 g/mol. The highest BCUT2D eigenvalue weighted by molar-refractivity contribution is 7.32. The van der Waals surface area contributed by atoms with Gasteiger partial charge < -0.3 is 15.2 Å². The van der Waals surface area contributed by atoms with E-state index in [2.05, 4.69) is 9.84 Å². The molecule has 0 saturated carbocycles. The van der Waals surface area contributed by atoms with Crippen LogP contribution in [-0.4, -0.2) is 34.0 Å². The maximum Gasteiger partial charge on any atom is 0.697 e. The van der Waals surface area contributed by atoms with Crippen LogP contribution in [0.4, 0.5) is 4.79 Å². The summed E-state index contributed by atoms with van der Waals surface area (Å²) in [5.41, 5.74) is -0.666. The number of aliphatic hydroxyl groups is 1. The van der Waals surface area contributed by atoms with Crippen LogP contribution < -0.4 is 5.32 Å². The zero-order chi connectivity index (χ0) is 15.2. The maximum atomic E-state index is 11.6. The molecule has 0 aliphatic heterocycles. The predicted molar refractivity (Wildman–Crippen MR) is 69.5 cm³/mol. The van der Waals surface area contributed by atoms with E-state index in [1.54, 1.807) is 20.8 Å². The Balaban J connectivity index is 4.58. The third-order valence-corrected chi connectivity index (χ3v) is 2.37. The fourth-order valence-corrected chi connectivity index (χ4v) is 1.71. The summed E-state index contributed by atoms with van der Waals surface area (Å²) in [6.45, 7) is 8.90. The normalized spacial score (nSPS) is 15.9. The van der Waals surface area contributed by atoms with Gasteiger partial charge in [-0.2, -0.15) is 0 Å². The Kier molecular flexibility index (Phi) is 7.44. The lowest BCUT2D eigenvalue weighted by atomic mass is 10.0. The number of aliphatic hydroxyl groups excluding tert-OH is 1. The second kappa shape index (κ2) is 7.75. The summed E-state index contributed by atoms with van der Waals surface area (Å²) in [6.07, 6.45) is -1.90. The molecule has 0 aromatic carbocycles. The van der Waals surface area contributed by atoms with Gasteiger partial charge in [-0.3, -0.25) is 0 Å². The van der Waals surface area contributed by atoms with Gasteiger partial charge in [0.2, 0.25) is 6.29 Å². The van der Waals surface area contributed by atoms with Gasteiger partial charge in [-0.1, -0.05) is 18.4 Å². The number of alkyl carbamates (subject to hydrolysis) is 1. The van der Waals surface area contributed by atoms with E-state index in [9.17, 15) is 14.5 Å². The van der Waals surface area contributed by atoms with Crippen LogP contribution in [0.25, 0.3) is 0 Å². The average Bonchev–Trinajstić information content (AvgIpc) is 2.11. The molecule has 112 valence electrons. The second-order valence-corrected chi connectivity index (χ2v) is 6.30. The minimum absolute atomic E-state index is 0.148. The van der Waals surface area contributed by atoms with Gasteiger partial charge in [-0.25, -0.2) is 4.79 Å². The zero-order valence-electron chi connectivity index (χ0n) is 11.9. The Hall–Kier alpha value is -0.750. The van der Waals surface area contributed by atoms with E-state index >= 15 is 0 Å². The van der Waals surface area contributed by atoms with Gasteiger partial charge in [0.25, 0.3) is 0 Å². The van der Waals surface area contributed by atoms with Gasteiger partial charge in [0.15, 0.2) is 0 Å². The molecular weight excluding hydrogens is 273 g/mol. The third-order valence-electron chi connectivity index (χ3n) is 1.97. The lowest BCUT2D eigenvalue weighted by molar-refractivity contribution is -0.0533. The van der Waals surface area contributed by atoms with Crippen molar-refractivity contribution < 1.29 is 28.6 Å². The van der Waals surface area contributed by atoms with Gasteiger partial charge in [-0.05, 0) is 33.1 Å². The standard InChI is InChI=1S/C11H22NO6P/c1-7(2)6-8(9(13)18-19(15)16)12-10(14)17-11(3,4)5/h7-9,13H,6H2,1-5H3,(H-,12,14,15,16)/p+1/t8-,9?/m0/s1. The summed E-state index contributed by atoms with van der Waals surface area (Å²) in [5, 5.41) is 12.1. The molecule has 7 nitrogen and oxygen atoms in total. The number of carbonyl (C=O) groups excluding carboxylic acids is 1. The van der Waals surface area contributed by atoms with Gasteiger partial charge >= 0.3 is 14.3 Å². The number of rotatable bonds is 6. The predicted octanol–water partition coefficient (Wildman–Crippen LogP) is 1.91. The van der Waals surface area contributed by atoms with Crippen LogP contribution >= 0.6 is 8.25 Å². The van der Waals surface area contributed by atoms with E-state index in [4.69, 9.17) is 9.63 Å². The SMILES string of the molecule is CC(C)C[C@H](NC(=O)OC(C)(C)C)C(O)O[P+](=O)O. The molecule has 0 saturated heterocycles. The minimum atomic E-state index is -2.94. The topological polar surface area (TPSA) is 105 Å². The fraction of sp³-hybridized carbons (Fsp3) is 0.909. The Bertz CT molecular complexity index is 315. The third kappa shape index (κ3) is 9.78. The zero-order valence-corrected chi connectivity index (χ0v) is 12.8. The summed E-state index contributed by atoms with van der Waals surface area (Å²) in [4.78, 5) is 20.2. The van der Waals surface area contributed by atoms with Crippen molar-refractivity contribution in [3.8, 4) is 0 Å². The number of amides is 1. The summed E-state index contributed by atoms with van der Waals surface area (Å²) in [7, 11) is -2.94. The lowest BCUT2D eigenvalue weighted by Gasteiger charge is -2.25. The van der Waals surface area contributed by atoms with Crippen LogP contribution in [0.2, 0.25) is 0 Å². The molecule has 0 rings (SSSR count). The summed E-state index contributed by atoms with van der Waals surface area (Å²) in [6, 6.07) is -0.819. The molecule has 0 aromatic heterocycles. The van der Waals surface area contributed by atoms with Crippen molar-refractivity contribution in [1.29, 1.82) is 0 Å². The van der Waals surface area contributed by atoms with Crippen molar-refractivity contribution in [2.24, 2.45) is 5.92 Å². The molecule has 1 amide bonds. The first-order valence-electron chi connectivity index (χ1n) is 6.01. The highest BCUT2D eigenvalue weighted by Gasteiger charge is 2.32. The second-order valence-electron chi connectivity index (χ2n) is 5.62. The first-order valence-corrected chi connectivity index (χ1v) is 7.14. The van der Waals surface area contributed by atoms with E-state index < -0.39 is 32.3 Å². The summed E-state index contributed by atoms with van der Waals surface area (Å²) in [5.74, 6) is 0.148. The van der Waals surface area contributed by atoms with E-state index in [-0.39, 0.29) is 5.92 Å². The summed E-state index contributed by atoms with van der Waals surface area (Å²) < 4.78 is 20.0. The highest BCUT2D eigenvalue weighted by atomic mass is 31.1. The molecule has 19 heavy (non-hydrogen) atoms. The molecule has 2 unspecified atom stereocenters. The Morgan fingerprint density at radius 1 is 1.37 bits per heavy atom. The van der Waals surface area contributed by atoms with Crippen molar-refractivity contribution in [1.82, 2.24) is 5.32 Å². The highest BCUT2D eigenvalue weighted by Crippen LogP contribution is 2.21. The van der Waals surface area contributed by atoms with Crippen molar-refractivity contribution in [3.05, 3.63) is 0 Å². The quantitative estimate of drug-likeness (QED) is 0.511. The van der Waals surface area contributed by atoms with Crippen LogP contribution in [0.5, 0.6) is 0 Å². The van der Waals surface area contributed by atoms with Crippen LogP contribution in [0.15, 0.2) is 0 Å². The molecular formula is C11H23NO6P+. The first kappa shape index (κ1) is 18.2. The Labute approximate surface area is 114 Å². The Morgan fingerprint density at radius 2 is 1.89 bits per heavy atom. The van der Waals surface area contributed by atoms with Crippen molar-refractivity contribution >= 4 is 14.3 Å². The smallest absolute Gasteiger partial charge is 0.444 e. The van der Waals surface area contributed by atoms with Crippen molar-refractivity contribution in [2.75, 3.05) is 0 Å². The number of nitrogens with one attached hydrogen (secondary N) is 1. The van der Waals surface area contributed by atoms with Gasteiger partial charge in [0.1, 0.15) is 5.60 Å². The minimum Gasteiger partial charge on any atom is -0.444 e. The first-order chi connectivity index (χ1) is 8.51. The van der Waals surface area contributed by atoms with Crippen molar-refractivity contribution in [2.45, 2.75) is 59.0 Å². The molecule has 0 spiro atoms. The molecule has 0 radical (unpaired) electrons. The number of hydrogen-bond donors (Lipinski definition) is 3. The van der Waals surface area contributed by atoms with E-state index in [0.29, 0.717) is 6.42 Å². The monoisotopic (exact) mass is 296 g/mol. The number of carbonyl (C=O) groups is 1. The van der Waals surface area contributed by atoms with Gasteiger partial charge in [0.05, 0.1) is 6.04 Å². The van der Waals surface area contributed by atoms with E-state index in [1.165, 1.54) is 0 Å². The lowest BCUT2D eigenvalue weighted by Crippen LogP contribution is -2.46. The van der Waals surface area contributed by atoms with Crippen LogP contribution in [0.3, 0.4) is 0 Å². The van der Waals surface area contributed by atoms with Crippen LogP contribution in [0.1, 0.15) is 41.0 Å². The molecule has 8 heteroatoms. The largest absolute Gasteiger partial charge is 0.697 e. The van der Waals surface area contributed by atoms with Gasteiger partial charge in [0, 0.05) is 4.57 Å². The van der Waals surface area contributed by atoms with E-state index in [0.717, 1.165) is 0 Å². The molecule has 0 aliphatic carbocycles. The van der Waals surface area contributed by atoms with Crippen LogP contribution in [0, 0.1) is 5.92 Å². The maximum absolute atomic E-state index is 11.6. The molecule has 0 fully saturated rings. The van der Waals surface area contributed by atoms with Crippen molar-refractivity contribution in [3.63, 3.8) is 0 Å². The molecule has 3 atom stereocenters. The molecule has 3 N–H and O–H groups in total. The number of ether oxygens (including phenoxy) is 1. The molecule has 0 bridgehead atoms.